The van der Waals surface area contributed by atoms with Gasteiger partial charge in [-0.05, 0) is 11.6 Å². The number of para-hydroxylation sites is 1. The van der Waals surface area contributed by atoms with Crippen molar-refractivity contribution in [2.75, 3.05) is 38.2 Å². The fraction of sp³-hybridized carbons (Fsp3) is 0.278. The van der Waals surface area contributed by atoms with E-state index in [2.05, 4.69) is 17.4 Å². The third-order valence-electron chi connectivity index (χ3n) is 3.90. The van der Waals surface area contributed by atoms with Gasteiger partial charge >= 0.3 is 0 Å². The van der Waals surface area contributed by atoms with Crippen LogP contribution < -0.4 is 10.2 Å². The van der Waals surface area contributed by atoms with Gasteiger partial charge < -0.3 is 15.0 Å². The summed E-state index contributed by atoms with van der Waals surface area (Å²) in [6.07, 6.45) is 0. The van der Waals surface area contributed by atoms with Gasteiger partial charge in [0, 0.05) is 11.3 Å². The molecule has 0 spiro atoms. The minimum absolute atomic E-state index is 0.0558. The molecule has 2 aromatic rings. The van der Waals surface area contributed by atoms with Crippen molar-refractivity contribution in [1.29, 1.82) is 0 Å². The van der Waals surface area contributed by atoms with Crippen LogP contribution in [0.1, 0.15) is 0 Å². The second-order valence-corrected chi connectivity index (χ2v) is 5.50. The molecule has 0 bridgehead atoms. The third-order valence-corrected chi connectivity index (χ3v) is 3.90. The lowest BCUT2D eigenvalue weighted by Crippen LogP contribution is -3.15. The van der Waals surface area contributed by atoms with Gasteiger partial charge in [-0.1, -0.05) is 48.5 Å². The van der Waals surface area contributed by atoms with Crippen LogP contribution in [0.4, 0.5) is 5.69 Å². The van der Waals surface area contributed by atoms with Crippen LogP contribution in [-0.4, -0.2) is 38.8 Å². The maximum absolute atomic E-state index is 12.3. The summed E-state index contributed by atoms with van der Waals surface area (Å²) in [4.78, 5) is 13.6. The number of nitrogens with one attached hydrogen (secondary N) is 2. The van der Waals surface area contributed by atoms with Crippen molar-refractivity contribution in [2.45, 2.75) is 0 Å². The summed E-state index contributed by atoms with van der Waals surface area (Å²) < 4.78 is 5.32. The van der Waals surface area contributed by atoms with E-state index in [9.17, 15) is 4.79 Å². The van der Waals surface area contributed by atoms with Gasteiger partial charge in [0.15, 0.2) is 6.54 Å². The zero-order valence-electron chi connectivity index (χ0n) is 12.5. The highest BCUT2D eigenvalue weighted by atomic mass is 16.5. The Labute approximate surface area is 130 Å². The lowest BCUT2D eigenvalue weighted by atomic mass is 10.0. The Kier molecular flexibility index (Phi) is 4.83. The van der Waals surface area contributed by atoms with Crippen LogP contribution in [0.15, 0.2) is 54.6 Å². The number of hydrogen-bond acceptors (Lipinski definition) is 2. The molecule has 2 N–H and O–H groups in total. The summed E-state index contributed by atoms with van der Waals surface area (Å²) in [5.41, 5.74) is 3.02. The first-order valence-corrected chi connectivity index (χ1v) is 7.68. The van der Waals surface area contributed by atoms with E-state index in [1.54, 1.807) is 0 Å². The highest BCUT2D eigenvalue weighted by Gasteiger charge is 2.18. The monoisotopic (exact) mass is 297 g/mol. The number of ether oxygens (including phenoxy) is 1. The predicted molar refractivity (Wildman–Crippen MR) is 86.9 cm³/mol. The summed E-state index contributed by atoms with van der Waals surface area (Å²) >= 11 is 0. The Morgan fingerprint density at radius 2 is 1.68 bits per heavy atom. The molecule has 22 heavy (non-hydrogen) atoms. The molecule has 3 rings (SSSR count). The first kappa shape index (κ1) is 14.8. The fourth-order valence-corrected chi connectivity index (χ4v) is 2.72. The molecule has 0 saturated carbocycles. The van der Waals surface area contributed by atoms with Crippen LogP contribution in [-0.2, 0) is 9.53 Å². The van der Waals surface area contributed by atoms with Crippen molar-refractivity contribution in [3.63, 3.8) is 0 Å². The number of carbonyl (C=O) groups excluding carboxylic acids is 1. The van der Waals surface area contributed by atoms with E-state index in [0.717, 1.165) is 43.1 Å². The number of rotatable bonds is 4. The van der Waals surface area contributed by atoms with Gasteiger partial charge in [0.2, 0.25) is 0 Å². The molecule has 1 aliphatic heterocycles. The Morgan fingerprint density at radius 3 is 2.45 bits per heavy atom. The van der Waals surface area contributed by atoms with Gasteiger partial charge in [0.1, 0.15) is 13.1 Å². The number of amides is 1. The predicted octanol–water partition coefficient (Wildman–Crippen LogP) is 1.21. The molecular formula is C18H21N2O2+. The topological polar surface area (TPSA) is 42.8 Å². The Morgan fingerprint density at radius 1 is 1.00 bits per heavy atom. The Bertz CT molecular complexity index is 622. The van der Waals surface area contributed by atoms with Crippen LogP contribution in [0.3, 0.4) is 0 Å². The lowest BCUT2D eigenvalue weighted by molar-refractivity contribution is -0.899. The molecule has 1 saturated heterocycles. The molecule has 1 amide bonds. The van der Waals surface area contributed by atoms with Crippen LogP contribution in [0, 0.1) is 0 Å². The van der Waals surface area contributed by atoms with Gasteiger partial charge in [-0.3, -0.25) is 4.79 Å². The number of carbonyl (C=O) groups is 1. The minimum atomic E-state index is 0.0558. The van der Waals surface area contributed by atoms with Crippen molar-refractivity contribution in [3.8, 4) is 11.1 Å². The molecule has 0 aliphatic carbocycles. The first-order valence-electron chi connectivity index (χ1n) is 7.68. The largest absolute Gasteiger partial charge is 0.370 e. The van der Waals surface area contributed by atoms with E-state index in [-0.39, 0.29) is 5.91 Å². The summed E-state index contributed by atoms with van der Waals surface area (Å²) in [6.45, 7) is 3.76. The lowest BCUT2D eigenvalue weighted by Gasteiger charge is -2.23. The molecule has 114 valence electrons. The molecule has 4 heteroatoms. The third kappa shape index (κ3) is 3.72. The smallest absolute Gasteiger partial charge is 0.279 e. The van der Waals surface area contributed by atoms with E-state index in [4.69, 9.17) is 4.74 Å². The quantitative estimate of drug-likeness (QED) is 0.891. The Balaban J connectivity index is 1.71. The second kappa shape index (κ2) is 7.20. The van der Waals surface area contributed by atoms with Crippen LogP contribution in [0.2, 0.25) is 0 Å². The van der Waals surface area contributed by atoms with Crippen LogP contribution in [0.25, 0.3) is 11.1 Å². The van der Waals surface area contributed by atoms with Gasteiger partial charge in [-0.2, -0.15) is 0 Å². The van der Waals surface area contributed by atoms with Gasteiger partial charge in [0.05, 0.1) is 13.2 Å². The fourth-order valence-electron chi connectivity index (χ4n) is 2.72. The molecular weight excluding hydrogens is 276 g/mol. The van der Waals surface area contributed by atoms with Gasteiger partial charge in [-0.15, -0.1) is 0 Å². The number of anilines is 1. The second-order valence-electron chi connectivity index (χ2n) is 5.50. The van der Waals surface area contributed by atoms with E-state index < -0.39 is 0 Å². The highest BCUT2D eigenvalue weighted by Crippen LogP contribution is 2.27. The molecule has 4 nitrogen and oxygen atoms in total. The summed E-state index contributed by atoms with van der Waals surface area (Å²) in [7, 11) is 0. The molecule has 1 heterocycles. The molecule has 1 fully saturated rings. The number of benzene rings is 2. The van der Waals surface area contributed by atoms with Crippen molar-refractivity contribution >= 4 is 11.6 Å². The molecule has 0 unspecified atom stereocenters. The zero-order chi connectivity index (χ0) is 15.2. The maximum atomic E-state index is 12.3. The van der Waals surface area contributed by atoms with E-state index in [1.807, 2.05) is 42.5 Å². The zero-order valence-corrected chi connectivity index (χ0v) is 12.5. The van der Waals surface area contributed by atoms with E-state index >= 15 is 0 Å². The van der Waals surface area contributed by atoms with Gasteiger partial charge in [-0.25, -0.2) is 0 Å². The molecule has 0 radical (unpaired) electrons. The van der Waals surface area contributed by atoms with Crippen molar-refractivity contribution in [3.05, 3.63) is 54.6 Å². The van der Waals surface area contributed by atoms with Crippen molar-refractivity contribution in [1.82, 2.24) is 0 Å². The van der Waals surface area contributed by atoms with Crippen molar-refractivity contribution < 1.29 is 14.4 Å². The number of hydrogen-bond donors (Lipinski definition) is 2. The standard InChI is InChI=1S/C18H20N2O2/c21-18(14-20-10-12-22-13-11-20)19-17-9-5-4-8-16(17)15-6-2-1-3-7-15/h1-9H,10-14H2,(H,19,21)/p+1. The summed E-state index contributed by atoms with van der Waals surface area (Å²) in [5, 5.41) is 3.06. The maximum Gasteiger partial charge on any atom is 0.279 e. The average Bonchev–Trinajstić information content (AvgIpc) is 2.57. The SMILES string of the molecule is O=C(C[NH+]1CCOCC1)Nc1ccccc1-c1ccccc1. The minimum Gasteiger partial charge on any atom is -0.370 e. The molecule has 1 aliphatic rings. The van der Waals surface area contributed by atoms with Crippen LogP contribution in [0.5, 0.6) is 0 Å². The summed E-state index contributed by atoms with van der Waals surface area (Å²) in [6, 6.07) is 18.0. The molecule has 0 atom stereocenters. The number of quaternary nitrogens is 1. The van der Waals surface area contributed by atoms with Crippen molar-refractivity contribution in [2.24, 2.45) is 0 Å². The first-order chi connectivity index (χ1) is 10.8. The normalized spacial score (nSPS) is 15.5. The molecule has 2 aromatic carbocycles. The molecule has 0 aromatic heterocycles. The summed E-state index contributed by atoms with van der Waals surface area (Å²) in [5.74, 6) is 0.0558. The highest BCUT2D eigenvalue weighted by molar-refractivity contribution is 5.96. The average molecular weight is 297 g/mol. The van der Waals surface area contributed by atoms with E-state index in [0.29, 0.717) is 6.54 Å². The van der Waals surface area contributed by atoms with E-state index in [1.165, 1.54) is 4.90 Å². The van der Waals surface area contributed by atoms with Crippen LogP contribution >= 0.6 is 0 Å². The number of morpholine rings is 1. The Hall–Kier alpha value is -2.17. The van der Waals surface area contributed by atoms with Gasteiger partial charge in [0.25, 0.3) is 5.91 Å².